The van der Waals surface area contributed by atoms with Crippen LogP contribution in [0.1, 0.15) is 98.8 Å². The van der Waals surface area contributed by atoms with Crippen LogP contribution >= 0.6 is 11.8 Å². The zero-order chi connectivity index (χ0) is 27.8. The van der Waals surface area contributed by atoms with E-state index >= 15 is 0 Å². The van der Waals surface area contributed by atoms with Gasteiger partial charge in [0.1, 0.15) is 6.10 Å². The first kappa shape index (κ1) is 30.3. The highest BCUT2D eigenvalue weighted by atomic mass is 32.2. The summed E-state index contributed by atoms with van der Waals surface area (Å²) in [6.45, 7) is 10.8. The topological polar surface area (TPSA) is 104 Å². The van der Waals surface area contributed by atoms with Crippen LogP contribution in [0.3, 0.4) is 0 Å². The van der Waals surface area contributed by atoms with Crippen molar-refractivity contribution >= 4 is 22.8 Å². The molecule has 0 heterocycles. The van der Waals surface area contributed by atoms with Crippen molar-refractivity contribution in [3.05, 3.63) is 0 Å². The summed E-state index contributed by atoms with van der Waals surface area (Å²) in [5.74, 6) is 2.02. The first-order valence-electron chi connectivity index (χ1n) is 15.3. The molecule has 0 bridgehead atoms. The van der Waals surface area contributed by atoms with E-state index in [2.05, 4.69) is 20.8 Å². The molecule has 4 fully saturated rings. The lowest BCUT2D eigenvalue weighted by Crippen LogP contribution is -2.62. The van der Waals surface area contributed by atoms with Gasteiger partial charge in [-0.1, -0.05) is 46.4 Å². The first-order valence-corrected chi connectivity index (χ1v) is 16.3. The van der Waals surface area contributed by atoms with E-state index in [1.54, 1.807) is 0 Å². The number of carbonyl (C=O) groups is 2. The number of ether oxygens (including phenoxy) is 1. The molecule has 218 valence electrons. The van der Waals surface area contributed by atoms with Crippen LogP contribution in [-0.4, -0.2) is 57.1 Å². The van der Waals surface area contributed by atoms with Crippen molar-refractivity contribution in [3.63, 3.8) is 0 Å². The van der Waals surface area contributed by atoms with Crippen LogP contribution in [0.2, 0.25) is 0 Å². The molecule has 4 aliphatic carbocycles. The largest absolute Gasteiger partial charge is 0.462 e. The quantitative estimate of drug-likeness (QED) is 0.337. The smallest absolute Gasteiger partial charge is 0.308 e. The molecule has 3 N–H and O–H groups in total. The SMILES string of the molecule is CCC(C)C(=O)OC1CCC2(C)C(C1)CC(O)C1C2CC(O)C2(C)C(C(C)CCC(=O)SCCO)CCC12. The van der Waals surface area contributed by atoms with Crippen molar-refractivity contribution < 1.29 is 29.6 Å². The van der Waals surface area contributed by atoms with Gasteiger partial charge in [-0.25, -0.2) is 0 Å². The molecule has 12 atom stereocenters. The average molecular weight is 553 g/mol. The van der Waals surface area contributed by atoms with Gasteiger partial charge in [-0.15, -0.1) is 0 Å². The molecule has 4 saturated carbocycles. The summed E-state index contributed by atoms with van der Waals surface area (Å²) in [5.41, 5.74) is -0.194. The molecular weight excluding hydrogens is 500 g/mol. The second-order valence-electron chi connectivity index (χ2n) is 13.7. The lowest BCUT2D eigenvalue weighted by molar-refractivity contribution is -0.210. The Kier molecular flexibility index (Phi) is 9.64. The van der Waals surface area contributed by atoms with E-state index in [1.165, 1.54) is 11.8 Å². The summed E-state index contributed by atoms with van der Waals surface area (Å²) in [4.78, 5) is 24.7. The molecule has 38 heavy (non-hydrogen) atoms. The van der Waals surface area contributed by atoms with E-state index in [4.69, 9.17) is 9.84 Å². The summed E-state index contributed by atoms with van der Waals surface area (Å²) in [6, 6.07) is 0. The molecule has 0 aliphatic heterocycles. The number of rotatable bonds is 9. The van der Waals surface area contributed by atoms with Crippen molar-refractivity contribution in [3.8, 4) is 0 Å². The normalized spacial score (nSPS) is 43.9. The van der Waals surface area contributed by atoms with Crippen molar-refractivity contribution in [2.75, 3.05) is 12.4 Å². The number of esters is 1. The maximum Gasteiger partial charge on any atom is 0.308 e. The third kappa shape index (κ3) is 5.47. The standard InChI is InChI=1S/C31H52O6S/c1-6-18(2)29(36)37-21-11-12-30(4)20(15-21)16-25(33)28-23-9-8-22(31(23,5)26(34)17-24(28)30)19(3)7-10-27(35)38-14-13-32/h18-26,28,32-34H,6-17H2,1-5H3. The van der Waals surface area contributed by atoms with Gasteiger partial charge in [0.05, 0.1) is 24.7 Å². The Morgan fingerprint density at radius 3 is 2.47 bits per heavy atom. The number of aliphatic hydroxyl groups excluding tert-OH is 3. The van der Waals surface area contributed by atoms with Gasteiger partial charge in [0, 0.05) is 12.2 Å². The van der Waals surface area contributed by atoms with Crippen molar-refractivity contribution in [2.24, 2.45) is 52.3 Å². The third-order valence-electron chi connectivity index (χ3n) is 12.0. The number of fused-ring (bicyclic) bond motifs is 5. The van der Waals surface area contributed by atoms with Crippen LogP contribution in [0.5, 0.6) is 0 Å². The van der Waals surface area contributed by atoms with E-state index in [9.17, 15) is 19.8 Å². The first-order chi connectivity index (χ1) is 18.0. The fourth-order valence-corrected chi connectivity index (χ4v) is 10.0. The monoisotopic (exact) mass is 552 g/mol. The maximum absolute atomic E-state index is 12.5. The summed E-state index contributed by atoms with van der Waals surface area (Å²) < 4.78 is 5.91. The van der Waals surface area contributed by atoms with Crippen molar-refractivity contribution in [1.82, 2.24) is 0 Å². The molecule has 4 aliphatic rings. The van der Waals surface area contributed by atoms with Gasteiger partial charge in [-0.2, -0.15) is 0 Å². The maximum atomic E-state index is 12.5. The van der Waals surface area contributed by atoms with Gasteiger partial charge >= 0.3 is 5.97 Å². The number of thioether (sulfide) groups is 1. The van der Waals surface area contributed by atoms with Gasteiger partial charge in [0.2, 0.25) is 0 Å². The number of hydrogen-bond donors (Lipinski definition) is 3. The molecule has 0 aromatic heterocycles. The van der Waals surface area contributed by atoms with Crippen LogP contribution < -0.4 is 0 Å². The zero-order valence-electron chi connectivity index (χ0n) is 24.2. The van der Waals surface area contributed by atoms with Crippen LogP contribution in [0.4, 0.5) is 0 Å². The van der Waals surface area contributed by atoms with E-state index in [-0.39, 0.29) is 64.4 Å². The Labute approximate surface area is 234 Å². The Morgan fingerprint density at radius 2 is 1.79 bits per heavy atom. The van der Waals surface area contributed by atoms with Gasteiger partial charge in [0.15, 0.2) is 5.12 Å². The fraction of sp³-hybridized carbons (Fsp3) is 0.935. The minimum atomic E-state index is -0.410. The fourth-order valence-electron chi connectivity index (χ4n) is 9.45. The van der Waals surface area contributed by atoms with E-state index in [0.29, 0.717) is 29.9 Å². The summed E-state index contributed by atoms with van der Waals surface area (Å²) in [6.07, 6.45) is 7.48. The second kappa shape index (κ2) is 12.1. The van der Waals surface area contributed by atoms with Crippen molar-refractivity contribution in [2.45, 2.75) is 117 Å². The van der Waals surface area contributed by atoms with Crippen molar-refractivity contribution in [1.29, 1.82) is 0 Å². The minimum Gasteiger partial charge on any atom is -0.462 e. The average Bonchev–Trinajstić information content (AvgIpc) is 3.25. The van der Waals surface area contributed by atoms with Crippen LogP contribution in [0.15, 0.2) is 0 Å². The summed E-state index contributed by atoms with van der Waals surface area (Å²) in [7, 11) is 0. The highest BCUT2D eigenvalue weighted by Gasteiger charge is 2.65. The number of hydrogen-bond acceptors (Lipinski definition) is 7. The van der Waals surface area contributed by atoms with Crippen LogP contribution in [0, 0.1) is 52.3 Å². The predicted molar refractivity (Wildman–Crippen MR) is 150 cm³/mol. The molecule has 0 spiro atoms. The lowest BCUT2D eigenvalue weighted by Gasteiger charge is -2.63. The number of aliphatic hydroxyl groups is 3. The highest BCUT2D eigenvalue weighted by Crippen LogP contribution is 2.68. The molecule has 0 saturated heterocycles. The van der Waals surface area contributed by atoms with Crippen LogP contribution in [-0.2, 0) is 14.3 Å². The van der Waals surface area contributed by atoms with E-state index < -0.39 is 6.10 Å². The van der Waals surface area contributed by atoms with Gasteiger partial charge in [-0.05, 0) is 104 Å². The molecule has 0 aromatic carbocycles. The Balaban J connectivity index is 1.46. The molecule has 0 radical (unpaired) electrons. The molecule has 7 heteroatoms. The predicted octanol–water partition coefficient (Wildman–Crippen LogP) is 5.21. The molecule has 12 unspecified atom stereocenters. The zero-order valence-corrected chi connectivity index (χ0v) is 25.0. The molecule has 6 nitrogen and oxygen atoms in total. The number of carbonyl (C=O) groups excluding carboxylic acids is 2. The minimum absolute atomic E-state index is 0.0229. The molecule has 0 aromatic rings. The van der Waals surface area contributed by atoms with Gasteiger partial charge < -0.3 is 20.1 Å². The van der Waals surface area contributed by atoms with Gasteiger partial charge in [0.25, 0.3) is 0 Å². The lowest BCUT2D eigenvalue weighted by atomic mass is 9.43. The Bertz CT molecular complexity index is 850. The Morgan fingerprint density at radius 1 is 1.05 bits per heavy atom. The molecular formula is C31H52O6S. The van der Waals surface area contributed by atoms with E-state index in [1.807, 2.05) is 13.8 Å². The highest BCUT2D eigenvalue weighted by molar-refractivity contribution is 8.13. The molecule has 4 rings (SSSR count). The third-order valence-corrected chi connectivity index (χ3v) is 12.9. The second-order valence-corrected chi connectivity index (χ2v) is 14.9. The Hall–Kier alpha value is -0.630. The summed E-state index contributed by atoms with van der Waals surface area (Å²) >= 11 is 1.22. The van der Waals surface area contributed by atoms with E-state index in [0.717, 1.165) is 57.8 Å². The van der Waals surface area contributed by atoms with Crippen LogP contribution in [0.25, 0.3) is 0 Å². The molecule has 0 amide bonds. The van der Waals surface area contributed by atoms with Gasteiger partial charge in [-0.3, -0.25) is 9.59 Å². The summed E-state index contributed by atoms with van der Waals surface area (Å²) in [5, 5.41) is 32.6.